The van der Waals surface area contributed by atoms with Crippen LogP contribution < -0.4 is 0 Å². The van der Waals surface area contributed by atoms with Gasteiger partial charge in [-0.2, -0.15) is 0 Å². The van der Waals surface area contributed by atoms with Crippen LogP contribution in [0.25, 0.3) is 0 Å². The normalized spacial score (nSPS) is 17.1. The Morgan fingerprint density at radius 3 is 1.67 bits per heavy atom. The first-order valence-electron chi connectivity index (χ1n) is 4.33. The van der Waals surface area contributed by atoms with Gasteiger partial charge in [0.05, 0.1) is 0 Å². The number of rotatable bonds is 4. The van der Waals surface area contributed by atoms with E-state index in [2.05, 4.69) is 0 Å². The van der Waals surface area contributed by atoms with E-state index in [-0.39, 0.29) is 0 Å². The van der Waals surface area contributed by atoms with Crippen LogP contribution in [0.15, 0.2) is 0 Å². The molecule has 0 saturated carbocycles. The van der Waals surface area contributed by atoms with Gasteiger partial charge in [-0.1, -0.05) is 0 Å². The molecule has 0 aliphatic rings. The molecule has 0 aromatic heterocycles. The summed E-state index contributed by atoms with van der Waals surface area (Å²) < 4.78 is 5.23. The summed E-state index contributed by atoms with van der Waals surface area (Å²) in [6.45, 7) is 6.00. The van der Waals surface area contributed by atoms with Crippen molar-refractivity contribution >= 4 is 14.6 Å². The van der Waals surface area contributed by atoms with E-state index in [0.29, 0.717) is 12.8 Å². The Hall–Kier alpha value is 0.527. The van der Waals surface area contributed by atoms with Crippen molar-refractivity contribution in [2.24, 2.45) is 0 Å². The Morgan fingerprint density at radius 2 is 1.58 bits per heavy atom. The molecule has 0 spiro atoms. The maximum absolute atomic E-state index is 10.1. The van der Waals surface area contributed by atoms with Gasteiger partial charge in [0, 0.05) is 0 Å². The molecule has 0 unspecified atom stereocenters. The quantitative estimate of drug-likeness (QED) is 0.554. The third-order valence-electron chi connectivity index (χ3n) is 2.32. The first-order chi connectivity index (χ1) is 5.16. The van der Waals surface area contributed by atoms with Crippen LogP contribution in [0.3, 0.4) is 0 Å². The molecule has 0 radical (unpaired) electrons. The van der Waals surface area contributed by atoms with Gasteiger partial charge in [-0.05, 0) is 0 Å². The van der Waals surface area contributed by atoms with Crippen molar-refractivity contribution in [3.8, 4) is 0 Å². The Labute approximate surface area is 75.8 Å². The van der Waals surface area contributed by atoms with Crippen LogP contribution in [-0.4, -0.2) is 30.3 Å². The van der Waals surface area contributed by atoms with E-state index in [1.165, 1.54) is 0 Å². The second-order valence-corrected chi connectivity index (χ2v) is 18.2. The zero-order chi connectivity index (χ0) is 10.1. The summed E-state index contributed by atoms with van der Waals surface area (Å²) in [4.78, 5) is 20.3. The van der Waals surface area contributed by atoms with Gasteiger partial charge in [-0.15, -0.1) is 0 Å². The monoisotopic (exact) mass is 212 g/mol. The molecule has 0 bridgehead atoms. The van der Waals surface area contributed by atoms with E-state index >= 15 is 0 Å². The molecule has 0 aliphatic heterocycles. The molecule has 0 heterocycles. The summed E-state index contributed by atoms with van der Waals surface area (Å²) >= 11 is 0. The van der Waals surface area contributed by atoms with Crippen molar-refractivity contribution in [3.05, 3.63) is 0 Å². The van der Waals surface area contributed by atoms with E-state index < -0.39 is 14.6 Å². The predicted octanol–water partition coefficient (Wildman–Crippen LogP) is 2.16. The van der Waals surface area contributed by atoms with Crippen molar-refractivity contribution in [1.82, 2.24) is 0 Å². The van der Waals surface area contributed by atoms with Crippen LogP contribution in [0.4, 0.5) is 0 Å². The number of hydrogen-bond acceptors (Lipinski definition) is 3. The molecular weight excluding hydrogens is 191 g/mol. The molecule has 5 heteroatoms. The average Bonchev–Trinajstić information content (AvgIpc) is 1.86. The van der Waals surface area contributed by atoms with E-state index in [4.69, 9.17) is 4.52 Å². The summed E-state index contributed by atoms with van der Waals surface area (Å²) in [7, 11) is -2.04. The van der Waals surface area contributed by atoms with Crippen LogP contribution >= 0.6 is 6.83 Å². The van der Waals surface area contributed by atoms with Gasteiger partial charge in [-0.25, -0.2) is 0 Å². The first-order valence-corrected chi connectivity index (χ1v) is 10.9. The Kier molecular flexibility index (Phi) is 3.50. The molecule has 0 saturated heterocycles. The summed E-state index contributed by atoms with van der Waals surface area (Å²) in [6.07, 6.45) is 0.342. The van der Waals surface area contributed by atoms with Crippen LogP contribution in [0.1, 0.15) is 13.8 Å². The van der Waals surface area contributed by atoms with Gasteiger partial charge in [-0.3, -0.25) is 0 Å². The SMILES string of the molecule is CCOP(O)(O)(CC)[Si](C)(C)C. The summed E-state index contributed by atoms with van der Waals surface area (Å²) in [6, 6.07) is 0. The fourth-order valence-electron chi connectivity index (χ4n) is 1.03. The van der Waals surface area contributed by atoms with Gasteiger partial charge >= 0.3 is 75.1 Å². The van der Waals surface area contributed by atoms with Gasteiger partial charge in [0.2, 0.25) is 0 Å². The van der Waals surface area contributed by atoms with Crippen molar-refractivity contribution in [1.29, 1.82) is 0 Å². The molecule has 0 amide bonds. The summed E-state index contributed by atoms with van der Waals surface area (Å²) in [5.41, 5.74) is 0. The summed E-state index contributed by atoms with van der Waals surface area (Å²) in [5, 5.41) is 0. The van der Waals surface area contributed by atoms with Gasteiger partial charge in [0.1, 0.15) is 0 Å². The van der Waals surface area contributed by atoms with E-state index in [0.717, 1.165) is 0 Å². The molecule has 0 atom stereocenters. The van der Waals surface area contributed by atoms with Crippen molar-refractivity contribution in [2.45, 2.75) is 33.5 Å². The molecule has 2 N–H and O–H groups in total. The van der Waals surface area contributed by atoms with Crippen LogP contribution in [0.2, 0.25) is 19.6 Å². The van der Waals surface area contributed by atoms with Crippen molar-refractivity contribution in [2.75, 3.05) is 12.8 Å². The molecule has 0 aliphatic carbocycles. The van der Waals surface area contributed by atoms with Crippen LogP contribution in [0.5, 0.6) is 0 Å². The summed E-state index contributed by atoms with van der Waals surface area (Å²) in [5.74, 6) is 0. The second-order valence-electron chi connectivity index (χ2n) is 4.02. The topological polar surface area (TPSA) is 49.7 Å². The zero-order valence-corrected chi connectivity index (χ0v) is 10.6. The molecule has 0 aromatic rings. The second kappa shape index (κ2) is 3.35. The van der Waals surface area contributed by atoms with E-state index in [1.807, 2.05) is 19.6 Å². The van der Waals surface area contributed by atoms with E-state index in [1.54, 1.807) is 13.8 Å². The molecular formula is C7H21O3PSi. The van der Waals surface area contributed by atoms with Gasteiger partial charge < -0.3 is 0 Å². The van der Waals surface area contributed by atoms with Gasteiger partial charge in [0.25, 0.3) is 0 Å². The first kappa shape index (κ1) is 12.5. The van der Waals surface area contributed by atoms with Crippen molar-refractivity contribution < 1.29 is 14.3 Å². The zero-order valence-electron chi connectivity index (χ0n) is 8.66. The molecule has 0 fully saturated rings. The van der Waals surface area contributed by atoms with Crippen molar-refractivity contribution in [3.63, 3.8) is 0 Å². The number of hydrogen-bond donors (Lipinski definition) is 2. The molecule has 3 nitrogen and oxygen atoms in total. The van der Waals surface area contributed by atoms with Crippen LogP contribution in [-0.2, 0) is 4.52 Å². The fraction of sp³-hybridized carbons (Fsp3) is 1.00. The molecule has 0 aromatic carbocycles. The third-order valence-corrected chi connectivity index (χ3v) is 16.4. The Balaban J connectivity index is 4.87. The average molecular weight is 212 g/mol. The minimum atomic E-state index is -3.76. The maximum atomic E-state index is 10.1. The van der Waals surface area contributed by atoms with E-state index in [9.17, 15) is 9.79 Å². The minimum absolute atomic E-state index is 0.342. The standard InChI is InChI=1S/C7H21O3PSi/c1-6-10-11(8,9,7-2)12(3,4)5/h8-9H,6-7H2,1-5H3. The van der Waals surface area contributed by atoms with Gasteiger partial charge in [0.15, 0.2) is 0 Å². The third kappa shape index (κ3) is 2.06. The molecule has 0 rings (SSSR count). The molecule has 76 valence electrons. The predicted molar refractivity (Wildman–Crippen MR) is 56.9 cm³/mol. The fourth-order valence-corrected chi connectivity index (χ4v) is 7.49. The van der Waals surface area contributed by atoms with Crippen LogP contribution in [0, 0.1) is 0 Å². The Bertz CT molecular complexity index is 165. The molecule has 12 heavy (non-hydrogen) atoms. The Morgan fingerprint density at radius 1 is 1.17 bits per heavy atom.